The summed E-state index contributed by atoms with van der Waals surface area (Å²) in [5, 5.41) is 13.6. The maximum atomic E-state index is 12.6. The largest absolute Gasteiger partial charge is 0.497 e. The van der Waals surface area contributed by atoms with E-state index < -0.39 is 4.92 Å². The molecule has 1 aromatic heterocycles. The van der Waals surface area contributed by atoms with Crippen molar-refractivity contribution < 1.29 is 14.5 Å². The van der Waals surface area contributed by atoms with Gasteiger partial charge in [-0.05, 0) is 42.5 Å². The smallest absolute Gasteiger partial charge is 0.269 e. The second kappa shape index (κ2) is 7.43. The Morgan fingerprint density at radius 3 is 2.62 bits per heavy atom. The van der Waals surface area contributed by atoms with Crippen molar-refractivity contribution in [1.29, 1.82) is 0 Å². The Balaban J connectivity index is 1.59. The van der Waals surface area contributed by atoms with Gasteiger partial charge < -0.3 is 15.0 Å². The summed E-state index contributed by atoms with van der Waals surface area (Å²) >= 11 is 0. The van der Waals surface area contributed by atoms with E-state index in [1.807, 2.05) is 0 Å². The van der Waals surface area contributed by atoms with Gasteiger partial charge in [-0.2, -0.15) is 0 Å². The summed E-state index contributed by atoms with van der Waals surface area (Å²) in [7, 11) is 1.57. The van der Waals surface area contributed by atoms with Gasteiger partial charge in [0.2, 0.25) is 0 Å². The topological polar surface area (TPSA) is 110 Å². The van der Waals surface area contributed by atoms with Crippen LogP contribution in [0.5, 0.6) is 5.75 Å². The number of H-pyrrole nitrogens is 1. The monoisotopic (exact) mass is 388 g/mol. The van der Waals surface area contributed by atoms with Crippen LogP contribution in [0.3, 0.4) is 0 Å². The third-order valence-corrected chi connectivity index (χ3v) is 4.42. The Morgan fingerprint density at radius 1 is 1.10 bits per heavy atom. The van der Waals surface area contributed by atoms with Crippen LogP contribution in [0.2, 0.25) is 0 Å². The molecular formula is C21H16N4O4. The van der Waals surface area contributed by atoms with Crippen molar-refractivity contribution in [2.45, 2.75) is 0 Å². The van der Waals surface area contributed by atoms with Crippen molar-refractivity contribution >= 4 is 28.3 Å². The molecule has 0 unspecified atom stereocenters. The van der Waals surface area contributed by atoms with Crippen LogP contribution in [0.25, 0.3) is 22.4 Å². The third kappa shape index (κ3) is 3.77. The van der Waals surface area contributed by atoms with Crippen LogP contribution in [-0.2, 0) is 0 Å². The number of ether oxygens (including phenoxy) is 1. The molecule has 0 atom stereocenters. The molecule has 0 aliphatic carbocycles. The van der Waals surface area contributed by atoms with E-state index in [0.717, 1.165) is 0 Å². The van der Waals surface area contributed by atoms with Crippen molar-refractivity contribution in [3.63, 3.8) is 0 Å². The first-order valence-corrected chi connectivity index (χ1v) is 8.73. The number of methoxy groups -OCH3 is 1. The van der Waals surface area contributed by atoms with Crippen LogP contribution in [0.1, 0.15) is 10.4 Å². The summed E-state index contributed by atoms with van der Waals surface area (Å²) in [6.45, 7) is 0. The number of fused-ring (bicyclic) bond motifs is 1. The number of non-ortho nitro benzene ring substituents is 1. The van der Waals surface area contributed by atoms with E-state index in [-0.39, 0.29) is 11.6 Å². The number of nitrogens with one attached hydrogen (secondary N) is 2. The normalized spacial score (nSPS) is 10.7. The van der Waals surface area contributed by atoms with E-state index in [2.05, 4.69) is 15.3 Å². The maximum absolute atomic E-state index is 12.6. The quantitative estimate of drug-likeness (QED) is 0.389. The van der Waals surface area contributed by atoms with E-state index in [9.17, 15) is 14.9 Å². The van der Waals surface area contributed by atoms with Gasteiger partial charge in [-0.25, -0.2) is 4.98 Å². The molecule has 0 spiro atoms. The molecule has 8 nitrogen and oxygen atoms in total. The van der Waals surface area contributed by atoms with Gasteiger partial charge in [0.1, 0.15) is 11.6 Å². The Labute approximate surface area is 165 Å². The second-order valence-corrected chi connectivity index (χ2v) is 6.31. The Morgan fingerprint density at radius 2 is 1.90 bits per heavy atom. The lowest BCUT2D eigenvalue weighted by Crippen LogP contribution is -2.11. The standard InChI is InChI=1S/C21H16N4O4/c1-29-17-4-2-3-15(12-17)22-21(26)14-7-10-18-19(11-14)24-20(23-18)13-5-8-16(9-6-13)25(27)28/h2-12H,1H3,(H,22,26)(H,23,24). The fraction of sp³-hybridized carbons (Fsp3) is 0.0476. The highest BCUT2D eigenvalue weighted by atomic mass is 16.6. The molecule has 8 heteroatoms. The van der Waals surface area contributed by atoms with Gasteiger partial charge in [-0.15, -0.1) is 0 Å². The maximum Gasteiger partial charge on any atom is 0.269 e. The number of nitro groups is 1. The van der Waals surface area contributed by atoms with Crippen LogP contribution in [0.15, 0.2) is 66.7 Å². The van der Waals surface area contributed by atoms with E-state index in [1.165, 1.54) is 12.1 Å². The van der Waals surface area contributed by atoms with E-state index >= 15 is 0 Å². The van der Waals surface area contributed by atoms with Gasteiger partial charge >= 0.3 is 0 Å². The number of aromatic nitrogens is 2. The highest BCUT2D eigenvalue weighted by molar-refractivity contribution is 6.06. The molecule has 0 aliphatic heterocycles. The van der Waals surface area contributed by atoms with Gasteiger partial charge in [-0.1, -0.05) is 6.07 Å². The molecule has 29 heavy (non-hydrogen) atoms. The van der Waals surface area contributed by atoms with Crippen molar-refractivity contribution in [3.05, 3.63) is 82.4 Å². The zero-order valence-corrected chi connectivity index (χ0v) is 15.4. The lowest BCUT2D eigenvalue weighted by Gasteiger charge is -2.07. The summed E-state index contributed by atoms with van der Waals surface area (Å²) in [6.07, 6.45) is 0. The Kier molecular flexibility index (Phi) is 4.66. The number of nitro benzene ring substituents is 1. The molecule has 1 heterocycles. The summed E-state index contributed by atoms with van der Waals surface area (Å²) in [5.74, 6) is 0.964. The fourth-order valence-corrected chi connectivity index (χ4v) is 2.93. The van der Waals surface area contributed by atoms with E-state index in [0.29, 0.717) is 39.4 Å². The van der Waals surface area contributed by atoms with E-state index in [1.54, 1.807) is 61.7 Å². The molecule has 0 bridgehead atoms. The number of rotatable bonds is 5. The fourth-order valence-electron chi connectivity index (χ4n) is 2.93. The zero-order chi connectivity index (χ0) is 20.4. The van der Waals surface area contributed by atoms with Crippen LogP contribution >= 0.6 is 0 Å². The molecule has 0 saturated heterocycles. The minimum Gasteiger partial charge on any atom is -0.497 e. The predicted molar refractivity (Wildman–Crippen MR) is 109 cm³/mol. The number of benzene rings is 3. The molecule has 4 rings (SSSR count). The van der Waals surface area contributed by atoms with Gasteiger partial charge in [0.15, 0.2) is 0 Å². The first-order chi connectivity index (χ1) is 14.0. The number of anilines is 1. The third-order valence-electron chi connectivity index (χ3n) is 4.42. The summed E-state index contributed by atoms with van der Waals surface area (Å²) in [4.78, 5) is 30.6. The number of amides is 1. The highest BCUT2D eigenvalue weighted by Gasteiger charge is 2.12. The van der Waals surface area contributed by atoms with Crippen molar-refractivity contribution in [2.24, 2.45) is 0 Å². The SMILES string of the molecule is COc1cccc(NC(=O)c2ccc3nc(-c4ccc([N+](=O)[O-])cc4)[nH]c3c2)c1. The van der Waals surface area contributed by atoms with Gasteiger partial charge in [0.05, 0.1) is 23.1 Å². The van der Waals surface area contributed by atoms with Crippen LogP contribution in [0.4, 0.5) is 11.4 Å². The molecule has 3 aromatic carbocycles. The number of imidazole rings is 1. The number of carbonyl (C=O) groups is 1. The first-order valence-electron chi connectivity index (χ1n) is 8.73. The van der Waals surface area contributed by atoms with Gasteiger partial charge in [0.25, 0.3) is 11.6 Å². The second-order valence-electron chi connectivity index (χ2n) is 6.31. The summed E-state index contributed by atoms with van der Waals surface area (Å²) in [6, 6.07) is 18.4. The molecule has 4 aromatic rings. The number of carbonyl (C=O) groups excluding carboxylic acids is 1. The van der Waals surface area contributed by atoms with Crippen LogP contribution in [0, 0.1) is 10.1 Å². The molecule has 1 amide bonds. The average Bonchev–Trinajstić information content (AvgIpc) is 3.17. The Hall–Kier alpha value is -4.20. The molecule has 0 radical (unpaired) electrons. The zero-order valence-electron chi connectivity index (χ0n) is 15.4. The van der Waals surface area contributed by atoms with Crippen molar-refractivity contribution in [2.75, 3.05) is 12.4 Å². The molecule has 0 fully saturated rings. The minimum atomic E-state index is -0.449. The minimum absolute atomic E-state index is 0.0151. The Bertz CT molecular complexity index is 1220. The first kappa shape index (κ1) is 18.2. The molecule has 144 valence electrons. The number of hydrogen-bond acceptors (Lipinski definition) is 5. The molecular weight excluding hydrogens is 372 g/mol. The van der Waals surface area contributed by atoms with Crippen LogP contribution < -0.4 is 10.1 Å². The molecule has 0 saturated carbocycles. The molecule has 2 N–H and O–H groups in total. The van der Waals surface area contributed by atoms with Gasteiger partial charge in [-0.3, -0.25) is 14.9 Å². The number of hydrogen-bond donors (Lipinski definition) is 2. The van der Waals surface area contributed by atoms with Crippen LogP contribution in [-0.4, -0.2) is 27.9 Å². The highest BCUT2D eigenvalue weighted by Crippen LogP contribution is 2.24. The lowest BCUT2D eigenvalue weighted by atomic mass is 10.2. The summed E-state index contributed by atoms with van der Waals surface area (Å²) < 4.78 is 5.16. The number of nitrogens with zero attached hydrogens (tertiary/aromatic N) is 2. The van der Waals surface area contributed by atoms with Gasteiger partial charge in [0, 0.05) is 35.0 Å². The number of aromatic amines is 1. The van der Waals surface area contributed by atoms with E-state index in [4.69, 9.17) is 4.74 Å². The lowest BCUT2D eigenvalue weighted by molar-refractivity contribution is -0.384. The average molecular weight is 388 g/mol. The van der Waals surface area contributed by atoms with Crippen molar-refractivity contribution in [1.82, 2.24) is 9.97 Å². The van der Waals surface area contributed by atoms with Crippen molar-refractivity contribution in [3.8, 4) is 17.1 Å². The summed E-state index contributed by atoms with van der Waals surface area (Å²) in [5.41, 5.74) is 3.22. The molecule has 0 aliphatic rings. The predicted octanol–water partition coefficient (Wildman–Crippen LogP) is 4.40.